The maximum Gasteiger partial charge on any atom is 0.292 e. The fourth-order valence-corrected chi connectivity index (χ4v) is 2.75. The molecule has 1 aliphatic rings. The zero-order valence-corrected chi connectivity index (χ0v) is 12.7. The molecule has 1 fully saturated rings. The van der Waals surface area contributed by atoms with Crippen molar-refractivity contribution in [3.8, 4) is 0 Å². The van der Waals surface area contributed by atoms with Crippen LogP contribution in [-0.4, -0.2) is 41.4 Å². The van der Waals surface area contributed by atoms with Gasteiger partial charge in [0.15, 0.2) is 6.21 Å². The van der Waals surface area contributed by atoms with Crippen molar-refractivity contribution < 1.29 is 9.37 Å². The summed E-state index contributed by atoms with van der Waals surface area (Å²) in [4.78, 5) is 13.8. The summed E-state index contributed by atoms with van der Waals surface area (Å²) >= 11 is 0. The van der Waals surface area contributed by atoms with Crippen LogP contribution < -0.4 is 0 Å². The molecule has 1 aliphatic heterocycles. The maximum atomic E-state index is 11.9. The summed E-state index contributed by atoms with van der Waals surface area (Å²) in [7, 11) is 1.88. The van der Waals surface area contributed by atoms with E-state index in [2.05, 4.69) is 43.6 Å². The summed E-state index contributed by atoms with van der Waals surface area (Å²) in [6.45, 7) is 6.94. The molecule has 0 aromatic heterocycles. The quantitative estimate of drug-likeness (QED) is 0.758. The van der Waals surface area contributed by atoms with Gasteiger partial charge in [-0.05, 0) is 11.6 Å². The lowest BCUT2D eigenvalue weighted by Gasteiger charge is -2.27. The number of hydrogen-bond donors (Lipinski definition) is 0. The molecule has 0 aliphatic carbocycles. The van der Waals surface area contributed by atoms with E-state index < -0.39 is 0 Å². The molecule has 3 nitrogen and oxygen atoms in total. The van der Waals surface area contributed by atoms with Crippen LogP contribution in [0.3, 0.4) is 0 Å². The minimum absolute atomic E-state index is 0.0258. The molecule has 106 valence electrons. The molecule has 1 aromatic rings. The number of carbonyl (C=O) groups is 1. The summed E-state index contributed by atoms with van der Waals surface area (Å²) in [5, 5.41) is 0. The monoisotopic (exact) mass is 271 g/mol. The van der Waals surface area contributed by atoms with Crippen LogP contribution in [0.1, 0.15) is 26.3 Å². The van der Waals surface area contributed by atoms with Crippen LogP contribution in [-0.2, 0) is 4.79 Å². The Morgan fingerprint density at radius 3 is 2.50 bits per heavy atom. The lowest BCUT2D eigenvalue weighted by atomic mass is 9.92. The molecule has 0 N–H and O–H groups in total. The van der Waals surface area contributed by atoms with E-state index in [-0.39, 0.29) is 17.5 Å². The third kappa shape index (κ3) is 3.16. The number of carbonyl (C=O) groups excluding carboxylic acids is 1. The van der Waals surface area contributed by atoms with Crippen molar-refractivity contribution in [3.63, 3.8) is 0 Å². The molecule has 2 rings (SSSR count). The molecule has 0 saturated carbocycles. The fourth-order valence-electron chi connectivity index (χ4n) is 2.75. The Morgan fingerprint density at radius 2 is 1.90 bits per heavy atom. The summed E-state index contributed by atoms with van der Waals surface area (Å²) in [5.41, 5.74) is 1.19. The highest BCUT2D eigenvalue weighted by atomic mass is 16.2. The lowest BCUT2D eigenvalue weighted by molar-refractivity contribution is -0.566. The first-order chi connectivity index (χ1) is 9.39. The molecular weight excluding hydrogens is 248 g/mol. The standard InChI is InChI=1S/C17H23N2O/c1-17(2,3)16-18(4)15(20)13-19(16)12-8-11-14-9-6-5-7-10-14/h5-12,16H,13H2,1-4H3/q+1/b11-8+,19-12+/t16-/m0/s1. The van der Waals surface area contributed by atoms with Crippen LogP contribution in [0.25, 0.3) is 6.08 Å². The Morgan fingerprint density at radius 1 is 1.25 bits per heavy atom. The van der Waals surface area contributed by atoms with Gasteiger partial charge in [0.25, 0.3) is 5.91 Å². The first-order valence-electron chi connectivity index (χ1n) is 6.97. The van der Waals surface area contributed by atoms with E-state index in [0.29, 0.717) is 6.54 Å². The van der Waals surface area contributed by atoms with Crippen LogP contribution in [0.2, 0.25) is 0 Å². The zero-order valence-electron chi connectivity index (χ0n) is 12.7. The van der Waals surface area contributed by atoms with Gasteiger partial charge in [0.1, 0.15) is 0 Å². The van der Waals surface area contributed by atoms with E-state index in [1.165, 1.54) is 0 Å². The molecule has 0 radical (unpaired) electrons. The molecule has 1 atom stereocenters. The number of benzene rings is 1. The van der Waals surface area contributed by atoms with E-state index >= 15 is 0 Å². The molecule has 20 heavy (non-hydrogen) atoms. The molecule has 1 heterocycles. The molecule has 1 aromatic carbocycles. The Bertz CT molecular complexity index is 538. The maximum absolute atomic E-state index is 11.9. The second kappa shape index (κ2) is 5.61. The van der Waals surface area contributed by atoms with Gasteiger partial charge in [0, 0.05) is 18.5 Å². The number of likely N-dealkylation sites (N-methyl/N-ethyl adjacent to an activating group) is 1. The molecule has 1 saturated heterocycles. The predicted octanol–water partition coefficient (Wildman–Crippen LogP) is 2.63. The molecule has 1 amide bonds. The van der Waals surface area contributed by atoms with Gasteiger partial charge in [-0.25, -0.2) is 4.58 Å². The summed E-state index contributed by atoms with van der Waals surface area (Å²) < 4.78 is 2.11. The van der Waals surface area contributed by atoms with Crippen LogP contribution in [0.15, 0.2) is 36.4 Å². The average Bonchev–Trinajstić information content (AvgIpc) is 2.66. The molecule has 0 bridgehead atoms. The smallest absolute Gasteiger partial charge is 0.282 e. The number of nitrogens with zero attached hydrogens (tertiary/aromatic N) is 2. The van der Waals surface area contributed by atoms with Gasteiger partial charge >= 0.3 is 0 Å². The topological polar surface area (TPSA) is 23.3 Å². The average molecular weight is 271 g/mol. The van der Waals surface area contributed by atoms with Crippen LogP contribution >= 0.6 is 0 Å². The van der Waals surface area contributed by atoms with Crippen molar-refractivity contribution in [1.29, 1.82) is 0 Å². The van der Waals surface area contributed by atoms with E-state index in [4.69, 9.17) is 0 Å². The van der Waals surface area contributed by atoms with Crippen molar-refractivity contribution in [3.05, 3.63) is 42.0 Å². The molecular formula is C17H23N2O+. The van der Waals surface area contributed by atoms with Gasteiger partial charge in [-0.1, -0.05) is 51.1 Å². The SMILES string of the molecule is CN1C(=O)C/[N+](=C\C=C\c2ccccc2)[C@H]1C(C)(C)C. The van der Waals surface area contributed by atoms with Gasteiger partial charge in [-0.2, -0.15) is 0 Å². The number of amides is 1. The Kier molecular flexibility index (Phi) is 4.07. The highest BCUT2D eigenvalue weighted by Gasteiger charge is 2.46. The van der Waals surface area contributed by atoms with Gasteiger partial charge in [-0.15, -0.1) is 0 Å². The normalized spacial score (nSPS) is 22.2. The van der Waals surface area contributed by atoms with Crippen LogP contribution in [0.4, 0.5) is 0 Å². The first-order valence-corrected chi connectivity index (χ1v) is 6.97. The Hall–Kier alpha value is -1.90. The van der Waals surface area contributed by atoms with Crippen molar-refractivity contribution in [1.82, 2.24) is 4.90 Å². The summed E-state index contributed by atoms with van der Waals surface area (Å²) in [5.74, 6) is 0.175. The highest BCUT2D eigenvalue weighted by molar-refractivity contribution is 5.81. The minimum Gasteiger partial charge on any atom is -0.282 e. The Balaban J connectivity index is 2.20. The highest BCUT2D eigenvalue weighted by Crippen LogP contribution is 2.27. The fraction of sp³-hybridized carbons (Fsp3) is 0.412. The number of allylic oxidation sites excluding steroid dienone is 1. The molecule has 0 spiro atoms. The van der Waals surface area contributed by atoms with E-state index in [0.717, 1.165) is 5.56 Å². The van der Waals surface area contributed by atoms with Crippen molar-refractivity contribution in [2.24, 2.45) is 5.41 Å². The second-order valence-corrected chi connectivity index (χ2v) is 6.34. The lowest BCUT2D eigenvalue weighted by Crippen LogP contribution is -2.43. The van der Waals surface area contributed by atoms with Crippen molar-refractivity contribution in [2.75, 3.05) is 13.6 Å². The first kappa shape index (κ1) is 14.5. The van der Waals surface area contributed by atoms with E-state index in [1.54, 1.807) is 0 Å². The summed E-state index contributed by atoms with van der Waals surface area (Å²) in [6.07, 6.45) is 6.20. The predicted molar refractivity (Wildman–Crippen MR) is 82.7 cm³/mol. The van der Waals surface area contributed by atoms with Crippen LogP contribution in [0, 0.1) is 5.41 Å². The van der Waals surface area contributed by atoms with Crippen molar-refractivity contribution >= 4 is 18.2 Å². The Labute approximate surface area is 121 Å². The van der Waals surface area contributed by atoms with Gasteiger partial charge in [0.05, 0.1) is 0 Å². The molecule has 0 unspecified atom stereocenters. The number of hydrogen-bond acceptors (Lipinski definition) is 1. The third-order valence-electron chi connectivity index (χ3n) is 3.53. The van der Waals surface area contributed by atoms with E-state index in [9.17, 15) is 4.79 Å². The van der Waals surface area contributed by atoms with Gasteiger partial charge < -0.3 is 0 Å². The third-order valence-corrected chi connectivity index (χ3v) is 3.53. The summed E-state index contributed by atoms with van der Waals surface area (Å²) in [6, 6.07) is 10.2. The largest absolute Gasteiger partial charge is 0.292 e. The van der Waals surface area contributed by atoms with Crippen LogP contribution in [0.5, 0.6) is 0 Å². The molecule has 3 heteroatoms. The van der Waals surface area contributed by atoms with Gasteiger partial charge in [0.2, 0.25) is 12.7 Å². The van der Waals surface area contributed by atoms with E-state index in [1.807, 2.05) is 42.4 Å². The van der Waals surface area contributed by atoms with Crippen molar-refractivity contribution in [2.45, 2.75) is 26.9 Å². The van der Waals surface area contributed by atoms with Gasteiger partial charge in [-0.3, -0.25) is 9.69 Å². The minimum atomic E-state index is 0.0258. The second-order valence-electron chi connectivity index (χ2n) is 6.34. The zero-order chi connectivity index (χ0) is 14.8. The number of rotatable bonds is 2.